The summed E-state index contributed by atoms with van der Waals surface area (Å²) in [7, 11) is 0. The third-order valence-corrected chi connectivity index (χ3v) is 3.01. The largest absolute Gasteiger partial charge is 0.380 e. The topological polar surface area (TPSA) is 24.9 Å². The normalized spacial score (nSPS) is 10.2. The van der Waals surface area contributed by atoms with Crippen LogP contribution < -0.4 is 5.32 Å². The molecule has 2 nitrogen and oxygen atoms in total. The molecule has 17 heavy (non-hydrogen) atoms. The van der Waals surface area contributed by atoms with Crippen molar-refractivity contribution in [2.24, 2.45) is 0 Å². The van der Waals surface area contributed by atoms with Gasteiger partial charge in [-0.25, -0.2) is 0 Å². The summed E-state index contributed by atoms with van der Waals surface area (Å²) in [6.45, 7) is 0.717. The van der Waals surface area contributed by atoms with Gasteiger partial charge in [0.15, 0.2) is 0 Å². The minimum Gasteiger partial charge on any atom is -0.380 e. The van der Waals surface area contributed by atoms with E-state index < -0.39 is 0 Å². The number of pyridine rings is 1. The van der Waals surface area contributed by atoms with Gasteiger partial charge in [0, 0.05) is 24.8 Å². The second-order valence-corrected chi connectivity index (χ2v) is 4.34. The Bertz CT molecular complexity index is 500. The van der Waals surface area contributed by atoms with Crippen molar-refractivity contribution in [1.82, 2.24) is 4.98 Å². The van der Waals surface area contributed by atoms with E-state index in [1.54, 1.807) is 12.4 Å². The van der Waals surface area contributed by atoms with Crippen LogP contribution in [0, 0.1) is 0 Å². The third-order valence-electron chi connectivity index (χ3n) is 2.40. The number of anilines is 1. The van der Waals surface area contributed by atoms with Crippen LogP contribution in [-0.4, -0.2) is 4.98 Å². The van der Waals surface area contributed by atoms with Crippen LogP contribution in [-0.2, 0) is 12.4 Å². The summed E-state index contributed by atoms with van der Waals surface area (Å²) in [6, 6.07) is 10.00. The molecule has 0 aliphatic carbocycles. The van der Waals surface area contributed by atoms with Gasteiger partial charge in [0.05, 0.1) is 10.7 Å². The molecule has 0 bridgehead atoms. The lowest BCUT2D eigenvalue weighted by Crippen LogP contribution is -2.00. The highest BCUT2D eigenvalue weighted by Crippen LogP contribution is 2.20. The predicted molar refractivity (Wildman–Crippen MR) is 72.6 cm³/mol. The van der Waals surface area contributed by atoms with E-state index >= 15 is 0 Å². The lowest BCUT2D eigenvalue weighted by molar-refractivity contribution is 1.13. The Morgan fingerprint density at radius 3 is 2.76 bits per heavy atom. The summed E-state index contributed by atoms with van der Waals surface area (Å²) >= 11 is 11.8. The van der Waals surface area contributed by atoms with E-state index in [2.05, 4.69) is 22.4 Å². The number of halogens is 2. The number of aromatic nitrogens is 1. The first-order valence-corrected chi connectivity index (χ1v) is 6.18. The molecular formula is C13H12Cl2N2. The van der Waals surface area contributed by atoms with Gasteiger partial charge in [0.25, 0.3) is 0 Å². The van der Waals surface area contributed by atoms with Crippen molar-refractivity contribution >= 4 is 28.9 Å². The second kappa shape index (κ2) is 5.89. The highest BCUT2D eigenvalue weighted by Gasteiger charge is 1.99. The SMILES string of the molecule is ClCc1cccc(CNc2ccncc2Cl)c1. The van der Waals surface area contributed by atoms with E-state index in [1.165, 1.54) is 5.56 Å². The molecule has 0 saturated carbocycles. The fraction of sp³-hybridized carbons (Fsp3) is 0.154. The van der Waals surface area contributed by atoms with Gasteiger partial charge in [-0.3, -0.25) is 4.98 Å². The van der Waals surface area contributed by atoms with Crippen molar-refractivity contribution in [3.63, 3.8) is 0 Å². The lowest BCUT2D eigenvalue weighted by atomic mass is 10.1. The van der Waals surface area contributed by atoms with E-state index in [9.17, 15) is 0 Å². The predicted octanol–water partition coefficient (Wildman–Crippen LogP) is 4.09. The average molecular weight is 267 g/mol. The van der Waals surface area contributed by atoms with Crippen molar-refractivity contribution in [2.45, 2.75) is 12.4 Å². The fourth-order valence-corrected chi connectivity index (χ4v) is 1.89. The van der Waals surface area contributed by atoms with Crippen LogP contribution in [0.5, 0.6) is 0 Å². The number of hydrogen-bond acceptors (Lipinski definition) is 2. The Kier molecular flexibility index (Phi) is 4.24. The highest BCUT2D eigenvalue weighted by molar-refractivity contribution is 6.33. The van der Waals surface area contributed by atoms with Gasteiger partial charge in [-0.1, -0.05) is 35.9 Å². The molecule has 1 aromatic carbocycles. The zero-order valence-electron chi connectivity index (χ0n) is 9.16. The Hall–Kier alpha value is -1.25. The summed E-state index contributed by atoms with van der Waals surface area (Å²) in [5.41, 5.74) is 3.18. The molecule has 0 unspecified atom stereocenters. The fourth-order valence-electron chi connectivity index (χ4n) is 1.54. The molecule has 0 atom stereocenters. The van der Waals surface area contributed by atoms with Crippen LogP contribution >= 0.6 is 23.2 Å². The number of rotatable bonds is 4. The van der Waals surface area contributed by atoms with Crippen LogP contribution in [0.25, 0.3) is 0 Å². The maximum absolute atomic E-state index is 6.00. The van der Waals surface area contributed by atoms with Crippen molar-refractivity contribution in [2.75, 3.05) is 5.32 Å². The van der Waals surface area contributed by atoms with Gasteiger partial charge in [-0.05, 0) is 17.2 Å². The van der Waals surface area contributed by atoms with Crippen molar-refractivity contribution in [1.29, 1.82) is 0 Å². The van der Waals surface area contributed by atoms with Gasteiger partial charge in [0.1, 0.15) is 0 Å². The first kappa shape index (κ1) is 12.2. The molecule has 88 valence electrons. The van der Waals surface area contributed by atoms with Crippen molar-refractivity contribution in [3.05, 3.63) is 58.9 Å². The highest BCUT2D eigenvalue weighted by atomic mass is 35.5. The number of alkyl halides is 1. The molecule has 1 aromatic heterocycles. The quantitative estimate of drug-likeness (QED) is 0.844. The zero-order chi connectivity index (χ0) is 12.1. The van der Waals surface area contributed by atoms with E-state index in [0.717, 1.165) is 11.3 Å². The molecule has 2 aromatic rings. The average Bonchev–Trinajstić information content (AvgIpc) is 2.38. The maximum atomic E-state index is 6.00. The molecule has 2 rings (SSSR count). The third kappa shape index (κ3) is 3.35. The minimum absolute atomic E-state index is 0.532. The minimum atomic E-state index is 0.532. The molecule has 0 aliphatic rings. The Morgan fingerprint density at radius 2 is 2.00 bits per heavy atom. The van der Waals surface area contributed by atoms with E-state index in [0.29, 0.717) is 17.4 Å². The molecule has 0 saturated heterocycles. The number of nitrogens with one attached hydrogen (secondary N) is 1. The van der Waals surface area contributed by atoms with Gasteiger partial charge in [-0.2, -0.15) is 0 Å². The number of nitrogens with zero attached hydrogens (tertiary/aromatic N) is 1. The molecule has 0 radical (unpaired) electrons. The van der Waals surface area contributed by atoms with Crippen LogP contribution in [0.1, 0.15) is 11.1 Å². The smallest absolute Gasteiger partial charge is 0.0820 e. The van der Waals surface area contributed by atoms with E-state index in [1.807, 2.05) is 18.2 Å². The van der Waals surface area contributed by atoms with Crippen LogP contribution in [0.2, 0.25) is 5.02 Å². The maximum Gasteiger partial charge on any atom is 0.0820 e. The summed E-state index contributed by atoms with van der Waals surface area (Å²) in [5.74, 6) is 0.532. The van der Waals surface area contributed by atoms with Crippen LogP contribution in [0.3, 0.4) is 0 Å². The van der Waals surface area contributed by atoms with Gasteiger partial charge < -0.3 is 5.32 Å². The Morgan fingerprint density at radius 1 is 1.18 bits per heavy atom. The second-order valence-electron chi connectivity index (χ2n) is 3.66. The van der Waals surface area contributed by atoms with Crippen LogP contribution in [0.15, 0.2) is 42.7 Å². The number of benzene rings is 1. The van der Waals surface area contributed by atoms with Crippen molar-refractivity contribution in [3.8, 4) is 0 Å². The molecule has 1 N–H and O–H groups in total. The van der Waals surface area contributed by atoms with E-state index in [4.69, 9.17) is 23.2 Å². The molecule has 4 heteroatoms. The first-order chi connectivity index (χ1) is 8.29. The zero-order valence-corrected chi connectivity index (χ0v) is 10.7. The van der Waals surface area contributed by atoms with Crippen molar-refractivity contribution < 1.29 is 0 Å². The van der Waals surface area contributed by atoms with E-state index in [-0.39, 0.29) is 0 Å². The van der Waals surface area contributed by atoms with Gasteiger partial charge in [0.2, 0.25) is 0 Å². The van der Waals surface area contributed by atoms with Gasteiger partial charge in [-0.15, -0.1) is 11.6 Å². The first-order valence-electron chi connectivity index (χ1n) is 5.27. The summed E-state index contributed by atoms with van der Waals surface area (Å²) in [4.78, 5) is 3.94. The van der Waals surface area contributed by atoms with Crippen LogP contribution in [0.4, 0.5) is 5.69 Å². The van der Waals surface area contributed by atoms with Gasteiger partial charge >= 0.3 is 0 Å². The standard InChI is InChI=1S/C13H12Cl2N2/c14-7-10-2-1-3-11(6-10)8-17-13-4-5-16-9-12(13)15/h1-6,9H,7-8H2,(H,16,17). The molecule has 0 aliphatic heterocycles. The molecule has 0 amide bonds. The monoisotopic (exact) mass is 266 g/mol. The Labute approximate surface area is 111 Å². The summed E-state index contributed by atoms with van der Waals surface area (Å²) < 4.78 is 0. The molecule has 0 fully saturated rings. The molecular weight excluding hydrogens is 255 g/mol. The Balaban J connectivity index is 2.05. The molecule has 0 spiro atoms. The summed E-state index contributed by atoms with van der Waals surface area (Å²) in [5, 5.41) is 3.89. The molecule has 1 heterocycles. The summed E-state index contributed by atoms with van der Waals surface area (Å²) in [6.07, 6.45) is 3.34. The lowest BCUT2D eigenvalue weighted by Gasteiger charge is -2.08. The number of hydrogen-bond donors (Lipinski definition) is 1.